The Labute approximate surface area is 212 Å². The zero-order chi connectivity index (χ0) is 25.5. The predicted molar refractivity (Wildman–Crippen MR) is 133 cm³/mol. The van der Waals surface area contributed by atoms with Crippen molar-refractivity contribution in [3.63, 3.8) is 0 Å². The number of rotatable bonds is 8. The highest BCUT2D eigenvalue weighted by Crippen LogP contribution is 2.64. The highest BCUT2D eigenvalue weighted by molar-refractivity contribution is 7.99. The van der Waals surface area contributed by atoms with Gasteiger partial charge in [0.2, 0.25) is 5.91 Å². The third-order valence-corrected chi connectivity index (χ3v) is 8.51. The van der Waals surface area contributed by atoms with Gasteiger partial charge in [-0.05, 0) is 73.5 Å². The van der Waals surface area contributed by atoms with Gasteiger partial charge in [0.05, 0.1) is 5.56 Å². The van der Waals surface area contributed by atoms with Crippen LogP contribution in [0, 0.1) is 5.41 Å². The minimum Gasteiger partial charge on any atom is -0.366 e. The number of alkyl halides is 3. The van der Waals surface area contributed by atoms with Gasteiger partial charge in [-0.1, -0.05) is 36.0 Å². The number of aromatic nitrogens is 3. The molecule has 6 nitrogen and oxygen atoms in total. The molecule has 10 heteroatoms. The number of primary amides is 1. The van der Waals surface area contributed by atoms with E-state index < -0.39 is 17.6 Å². The zero-order valence-corrected chi connectivity index (χ0v) is 20.8. The number of hydrogen-bond donors (Lipinski definition) is 1. The highest BCUT2D eigenvalue weighted by Gasteiger charge is 2.57. The summed E-state index contributed by atoms with van der Waals surface area (Å²) in [4.78, 5) is 13.8. The van der Waals surface area contributed by atoms with Gasteiger partial charge in [-0.2, -0.15) is 13.2 Å². The summed E-state index contributed by atoms with van der Waals surface area (Å²) in [6, 6.07) is 12.7. The topological polar surface area (TPSA) is 77.0 Å². The largest absolute Gasteiger partial charge is 0.416 e. The molecule has 1 saturated carbocycles. The molecule has 1 aromatic heterocycles. The molecule has 2 atom stereocenters. The molecule has 2 aliphatic rings. The SMILES string of the molecule is Cn1c(SCCCN2CCC3(CC3c3ccc(C(F)(F)F)cc3)C2)nnc1-c1ccc(C(N)=O)cc1. The zero-order valence-electron chi connectivity index (χ0n) is 20.0. The first-order chi connectivity index (χ1) is 17.2. The Morgan fingerprint density at radius 1 is 1.14 bits per heavy atom. The van der Waals surface area contributed by atoms with E-state index in [1.54, 1.807) is 36.0 Å². The van der Waals surface area contributed by atoms with Crippen LogP contribution in [-0.4, -0.2) is 51.0 Å². The minimum absolute atomic E-state index is 0.232. The smallest absolute Gasteiger partial charge is 0.366 e. The van der Waals surface area contributed by atoms with Crippen LogP contribution in [0.25, 0.3) is 11.4 Å². The first kappa shape index (κ1) is 24.8. The molecule has 0 radical (unpaired) electrons. The van der Waals surface area contributed by atoms with Gasteiger partial charge in [-0.15, -0.1) is 10.2 Å². The summed E-state index contributed by atoms with van der Waals surface area (Å²) in [5.74, 6) is 1.56. The molecule has 3 aromatic rings. The molecule has 2 heterocycles. The number of likely N-dealkylation sites (tertiary alicyclic amines) is 1. The summed E-state index contributed by atoms with van der Waals surface area (Å²) in [5, 5.41) is 9.46. The summed E-state index contributed by atoms with van der Waals surface area (Å²) < 4.78 is 40.5. The standard InChI is InChI=1S/C26H28F3N5OS/c1-33-23(19-5-3-18(4-6-19)22(30)35)31-32-24(33)36-14-2-12-34-13-11-25(16-34)15-21(25)17-7-9-20(10-8-17)26(27,28)29/h3-10,21H,2,11-16H2,1H3,(H2,30,35). The molecule has 1 spiro atoms. The number of halogens is 3. The fourth-order valence-corrected chi connectivity index (χ4v) is 6.11. The van der Waals surface area contributed by atoms with E-state index >= 15 is 0 Å². The molecule has 36 heavy (non-hydrogen) atoms. The maximum atomic E-state index is 12.8. The summed E-state index contributed by atoms with van der Waals surface area (Å²) in [6.45, 7) is 3.05. The van der Waals surface area contributed by atoms with Crippen LogP contribution < -0.4 is 5.73 Å². The number of nitrogens with two attached hydrogens (primary N) is 1. The maximum Gasteiger partial charge on any atom is 0.416 e. The third-order valence-electron chi connectivity index (χ3n) is 7.41. The molecule has 190 valence electrons. The first-order valence-corrected chi connectivity index (χ1v) is 13.0. The van der Waals surface area contributed by atoms with Crippen LogP contribution >= 0.6 is 11.8 Å². The van der Waals surface area contributed by atoms with E-state index in [-0.39, 0.29) is 5.41 Å². The van der Waals surface area contributed by atoms with Gasteiger partial charge < -0.3 is 15.2 Å². The van der Waals surface area contributed by atoms with Crippen molar-refractivity contribution in [1.82, 2.24) is 19.7 Å². The van der Waals surface area contributed by atoms with E-state index in [2.05, 4.69) is 15.1 Å². The molecule has 2 unspecified atom stereocenters. The van der Waals surface area contributed by atoms with Crippen LogP contribution in [0.3, 0.4) is 0 Å². The molecule has 1 aliphatic carbocycles. The number of nitrogens with zero attached hydrogens (tertiary/aromatic N) is 4. The Balaban J connectivity index is 1.09. The molecule has 0 bridgehead atoms. The first-order valence-electron chi connectivity index (χ1n) is 12.0. The summed E-state index contributed by atoms with van der Waals surface area (Å²) >= 11 is 1.67. The Bertz CT molecular complexity index is 1240. The second kappa shape index (κ2) is 9.55. The maximum absolute atomic E-state index is 12.8. The van der Waals surface area contributed by atoms with Crippen molar-refractivity contribution in [2.24, 2.45) is 18.2 Å². The minimum atomic E-state index is -4.29. The van der Waals surface area contributed by atoms with Crippen molar-refractivity contribution in [1.29, 1.82) is 0 Å². The van der Waals surface area contributed by atoms with Crippen molar-refractivity contribution in [3.8, 4) is 11.4 Å². The Hall–Kier alpha value is -2.85. The lowest BCUT2D eigenvalue weighted by molar-refractivity contribution is -0.137. The van der Waals surface area contributed by atoms with Gasteiger partial charge in [0.25, 0.3) is 0 Å². The van der Waals surface area contributed by atoms with Crippen molar-refractivity contribution < 1.29 is 18.0 Å². The second-order valence-corrected chi connectivity index (χ2v) is 10.8. The molecule has 1 amide bonds. The van der Waals surface area contributed by atoms with Crippen molar-refractivity contribution >= 4 is 17.7 Å². The average molecular weight is 516 g/mol. The average Bonchev–Trinajstić information content (AvgIpc) is 3.20. The number of amides is 1. The lowest BCUT2D eigenvalue weighted by atomic mass is 9.97. The Morgan fingerprint density at radius 2 is 1.86 bits per heavy atom. The number of benzene rings is 2. The predicted octanol–water partition coefficient (Wildman–Crippen LogP) is 4.96. The summed E-state index contributed by atoms with van der Waals surface area (Å²) in [5.41, 5.74) is 7.31. The van der Waals surface area contributed by atoms with Crippen molar-refractivity contribution in [2.45, 2.75) is 36.5 Å². The highest BCUT2D eigenvalue weighted by atomic mass is 32.2. The Morgan fingerprint density at radius 3 is 2.53 bits per heavy atom. The van der Waals surface area contributed by atoms with E-state index in [0.29, 0.717) is 11.5 Å². The van der Waals surface area contributed by atoms with Crippen LogP contribution in [0.15, 0.2) is 53.7 Å². The molecule has 5 rings (SSSR count). The molecular weight excluding hydrogens is 487 g/mol. The monoisotopic (exact) mass is 515 g/mol. The van der Waals surface area contributed by atoms with E-state index in [0.717, 1.165) is 66.8 Å². The fraction of sp³-hybridized carbons (Fsp3) is 0.423. The number of carbonyl (C=O) groups excluding carboxylic acids is 1. The van der Waals surface area contributed by atoms with E-state index in [1.165, 1.54) is 12.1 Å². The Kier molecular flexibility index (Phi) is 6.59. The van der Waals surface area contributed by atoms with Crippen LogP contribution in [-0.2, 0) is 13.2 Å². The van der Waals surface area contributed by atoms with Crippen LogP contribution in [0.5, 0.6) is 0 Å². The molecule has 2 aromatic carbocycles. The number of carbonyl (C=O) groups is 1. The second-order valence-electron chi connectivity index (χ2n) is 9.77. The van der Waals surface area contributed by atoms with Crippen molar-refractivity contribution in [2.75, 3.05) is 25.4 Å². The molecule has 1 saturated heterocycles. The van der Waals surface area contributed by atoms with Crippen molar-refractivity contribution in [3.05, 3.63) is 65.2 Å². The van der Waals surface area contributed by atoms with E-state index in [1.807, 2.05) is 23.7 Å². The van der Waals surface area contributed by atoms with Crippen LogP contribution in [0.1, 0.15) is 46.7 Å². The van der Waals surface area contributed by atoms with Gasteiger partial charge in [0, 0.05) is 30.5 Å². The fourth-order valence-electron chi connectivity index (χ4n) is 5.28. The molecule has 2 fully saturated rings. The summed E-state index contributed by atoms with van der Waals surface area (Å²) in [7, 11) is 1.93. The van der Waals surface area contributed by atoms with Gasteiger partial charge in [-0.3, -0.25) is 4.79 Å². The van der Waals surface area contributed by atoms with Gasteiger partial charge >= 0.3 is 6.18 Å². The number of thioether (sulfide) groups is 1. The normalized spacial score (nSPS) is 21.8. The van der Waals surface area contributed by atoms with E-state index in [4.69, 9.17) is 5.73 Å². The number of hydrogen-bond acceptors (Lipinski definition) is 5. The quantitative estimate of drug-likeness (QED) is 0.339. The van der Waals surface area contributed by atoms with Gasteiger partial charge in [-0.25, -0.2) is 0 Å². The van der Waals surface area contributed by atoms with E-state index in [9.17, 15) is 18.0 Å². The van der Waals surface area contributed by atoms with Gasteiger partial charge in [0.15, 0.2) is 11.0 Å². The lowest BCUT2D eigenvalue weighted by Crippen LogP contribution is -2.23. The lowest BCUT2D eigenvalue weighted by Gasteiger charge is -2.16. The van der Waals surface area contributed by atoms with Gasteiger partial charge in [0.1, 0.15) is 0 Å². The molecular formula is C26H28F3N5OS. The third kappa shape index (κ3) is 5.01. The molecule has 2 N–H and O–H groups in total. The molecule has 1 aliphatic heterocycles. The van der Waals surface area contributed by atoms with Crippen LogP contribution in [0.2, 0.25) is 0 Å². The summed E-state index contributed by atoms with van der Waals surface area (Å²) in [6.07, 6.45) is -1.10. The van der Waals surface area contributed by atoms with Crippen LogP contribution in [0.4, 0.5) is 13.2 Å².